The molecule has 2 N–H and O–H groups in total. The van der Waals surface area contributed by atoms with E-state index in [-0.39, 0.29) is 11.9 Å². The quantitative estimate of drug-likeness (QED) is 0.896. The molecule has 0 bridgehead atoms. The number of rotatable bonds is 5. The van der Waals surface area contributed by atoms with Gasteiger partial charge in [0.25, 0.3) is 0 Å². The normalized spacial score (nSPS) is 18.6. The van der Waals surface area contributed by atoms with Crippen LogP contribution in [0.3, 0.4) is 0 Å². The van der Waals surface area contributed by atoms with Gasteiger partial charge in [-0.25, -0.2) is 4.39 Å². The van der Waals surface area contributed by atoms with Crippen LogP contribution in [0.2, 0.25) is 0 Å². The van der Waals surface area contributed by atoms with Crippen molar-refractivity contribution < 1.29 is 13.9 Å². The van der Waals surface area contributed by atoms with Gasteiger partial charge < -0.3 is 20.1 Å². The largest absolute Gasteiger partial charge is 0.496 e. The highest BCUT2D eigenvalue weighted by Crippen LogP contribution is 2.28. The first kappa shape index (κ1) is 15.2. The van der Waals surface area contributed by atoms with Crippen molar-refractivity contribution in [2.45, 2.75) is 18.9 Å². The van der Waals surface area contributed by atoms with Crippen LogP contribution in [-0.4, -0.2) is 44.9 Å². The van der Waals surface area contributed by atoms with Crippen LogP contribution in [0.15, 0.2) is 18.2 Å². The lowest BCUT2D eigenvalue weighted by molar-refractivity contribution is 0.141. The first-order valence-electron chi connectivity index (χ1n) is 7.10. The highest BCUT2D eigenvalue weighted by molar-refractivity contribution is 5.37. The number of benzene rings is 1. The molecule has 0 spiro atoms. The Hall–Kier alpha value is -1.17. The van der Waals surface area contributed by atoms with E-state index in [0.717, 1.165) is 39.3 Å². The molecule has 0 aliphatic carbocycles. The van der Waals surface area contributed by atoms with Crippen LogP contribution >= 0.6 is 0 Å². The van der Waals surface area contributed by atoms with Crippen molar-refractivity contribution in [2.24, 2.45) is 5.73 Å². The predicted octanol–water partition coefficient (Wildman–Crippen LogP) is 1.95. The van der Waals surface area contributed by atoms with Crippen LogP contribution in [-0.2, 0) is 4.74 Å². The summed E-state index contributed by atoms with van der Waals surface area (Å²) in [5, 5.41) is 0. The Kier molecular flexibility index (Phi) is 5.76. The standard InChI is InChI=1S/C15H23FN2O2/c1-19-14-5-2-4-12(16)15(14)13(17)6-8-18-7-3-10-20-11-9-18/h2,4-5,13H,3,6-11,17H2,1H3. The highest BCUT2D eigenvalue weighted by atomic mass is 19.1. The zero-order valence-electron chi connectivity index (χ0n) is 12.0. The van der Waals surface area contributed by atoms with Gasteiger partial charge in [-0.05, 0) is 25.0 Å². The third-order valence-electron chi connectivity index (χ3n) is 3.67. The summed E-state index contributed by atoms with van der Waals surface area (Å²) in [6.45, 7) is 4.37. The van der Waals surface area contributed by atoms with E-state index >= 15 is 0 Å². The lowest BCUT2D eigenvalue weighted by atomic mass is 10.0. The third-order valence-corrected chi connectivity index (χ3v) is 3.67. The topological polar surface area (TPSA) is 47.7 Å². The number of hydrogen-bond acceptors (Lipinski definition) is 4. The van der Waals surface area contributed by atoms with Crippen LogP contribution in [0.25, 0.3) is 0 Å². The highest BCUT2D eigenvalue weighted by Gasteiger charge is 2.18. The maximum atomic E-state index is 13.9. The fourth-order valence-corrected chi connectivity index (χ4v) is 2.54. The Bertz CT molecular complexity index is 420. The van der Waals surface area contributed by atoms with Gasteiger partial charge in [0.15, 0.2) is 0 Å². The number of nitrogens with two attached hydrogens (primary N) is 1. The molecule has 2 rings (SSSR count). The minimum Gasteiger partial charge on any atom is -0.496 e. The Balaban J connectivity index is 1.95. The van der Waals surface area contributed by atoms with E-state index in [1.165, 1.54) is 13.2 Å². The molecule has 1 saturated heterocycles. The Labute approximate surface area is 119 Å². The molecule has 1 heterocycles. The molecule has 1 unspecified atom stereocenters. The summed E-state index contributed by atoms with van der Waals surface area (Å²) < 4.78 is 24.5. The molecule has 1 aliphatic heterocycles. The first-order chi connectivity index (χ1) is 9.72. The Morgan fingerprint density at radius 1 is 1.40 bits per heavy atom. The van der Waals surface area contributed by atoms with E-state index in [1.54, 1.807) is 12.1 Å². The van der Waals surface area contributed by atoms with Crippen LogP contribution < -0.4 is 10.5 Å². The third kappa shape index (κ3) is 3.91. The summed E-state index contributed by atoms with van der Waals surface area (Å²) in [6, 6.07) is 4.46. The second-order valence-electron chi connectivity index (χ2n) is 5.06. The smallest absolute Gasteiger partial charge is 0.131 e. The number of methoxy groups -OCH3 is 1. The van der Waals surface area contributed by atoms with Crippen LogP contribution in [0.4, 0.5) is 4.39 Å². The summed E-state index contributed by atoms with van der Waals surface area (Å²) in [7, 11) is 1.54. The minimum absolute atomic E-state index is 0.295. The van der Waals surface area contributed by atoms with Crippen LogP contribution in [0.1, 0.15) is 24.4 Å². The minimum atomic E-state index is -0.352. The average Bonchev–Trinajstić information content (AvgIpc) is 2.73. The average molecular weight is 282 g/mol. The zero-order chi connectivity index (χ0) is 14.4. The molecule has 0 aromatic heterocycles. The van der Waals surface area contributed by atoms with Gasteiger partial charge in [0.2, 0.25) is 0 Å². The number of nitrogens with zero attached hydrogens (tertiary/aromatic N) is 1. The maximum Gasteiger partial charge on any atom is 0.131 e. The Morgan fingerprint density at radius 2 is 2.25 bits per heavy atom. The van der Waals surface area contributed by atoms with Gasteiger partial charge in [-0.2, -0.15) is 0 Å². The van der Waals surface area contributed by atoms with Crippen molar-refractivity contribution in [1.82, 2.24) is 4.90 Å². The second kappa shape index (κ2) is 7.57. The first-order valence-corrected chi connectivity index (χ1v) is 7.10. The fraction of sp³-hybridized carbons (Fsp3) is 0.600. The molecule has 20 heavy (non-hydrogen) atoms. The van der Waals surface area contributed by atoms with E-state index in [0.29, 0.717) is 17.7 Å². The lowest BCUT2D eigenvalue weighted by Gasteiger charge is -2.22. The molecule has 1 fully saturated rings. The molecule has 0 saturated carbocycles. The van der Waals surface area contributed by atoms with Crippen molar-refractivity contribution >= 4 is 0 Å². The molecule has 0 amide bonds. The lowest BCUT2D eigenvalue weighted by Crippen LogP contribution is -2.30. The number of halogens is 1. The van der Waals surface area contributed by atoms with Gasteiger partial charge in [-0.3, -0.25) is 0 Å². The van der Waals surface area contributed by atoms with E-state index in [1.807, 2.05) is 0 Å². The molecule has 5 heteroatoms. The molecule has 1 atom stereocenters. The van der Waals surface area contributed by atoms with Gasteiger partial charge >= 0.3 is 0 Å². The summed E-state index contributed by atoms with van der Waals surface area (Å²) in [6.07, 6.45) is 1.75. The summed E-state index contributed by atoms with van der Waals surface area (Å²) in [4.78, 5) is 2.32. The van der Waals surface area contributed by atoms with Gasteiger partial charge in [0.05, 0.1) is 13.7 Å². The van der Waals surface area contributed by atoms with Gasteiger partial charge in [-0.15, -0.1) is 0 Å². The summed E-state index contributed by atoms with van der Waals surface area (Å²) in [5.74, 6) is 0.229. The predicted molar refractivity (Wildman–Crippen MR) is 76.4 cm³/mol. The van der Waals surface area contributed by atoms with E-state index < -0.39 is 0 Å². The molecule has 0 radical (unpaired) electrons. The molecule has 1 aliphatic rings. The number of ether oxygens (including phenoxy) is 2. The van der Waals surface area contributed by atoms with Gasteiger partial charge in [-0.1, -0.05) is 6.07 Å². The SMILES string of the molecule is COc1cccc(F)c1C(N)CCN1CCCOCC1. The van der Waals surface area contributed by atoms with Crippen molar-refractivity contribution in [2.75, 3.05) is 40.0 Å². The monoisotopic (exact) mass is 282 g/mol. The van der Waals surface area contributed by atoms with Crippen molar-refractivity contribution in [3.63, 3.8) is 0 Å². The molecule has 1 aromatic carbocycles. The fourth-order valence-electron chi connectivity index (χ4n) is 2.54. The molecular formula is C15H23FN2O2. The van der Waals surface area contributed by atoms with Crippen LogP contribution in [0, 0.1) is 5.82 Å². The number of hydrogen-bond donors (Lipinski definition) is 1. The molecule has 1 aromatic rings. The molecular weight excluding hydrogens is 259 g/mol. The van der Waals surface area contributed by atoms with Gasteiger partial charge in [0.1, 0.15) is 11.6 Å². The molecule has 112 valence electrons. The second-order valence-corrected chi connectivity index (χ2v) is 5.06. The summed E-state index contributed by atoms with van der Waals surface area (Å²) in [5.41, 5.74) is 6.62. The summed E-state index contributed by atoms with van der Waals surface area (Å²) >= 11 is 0. The van der Waals surface area contributed by atoms with Crippen molar-refractivity contribution in [3.8, 4) is 5.75 Å². The maximum absolute atomic E-state index is 13.9. The van der Waals surface area contributed by atoms with Crippen molar-refractivity contribution in [1.29, 1.82) is 0 Å². The van der Waals surface area contributed by atoms with E-state index in [4.69, 9.17) is 15.2 Å². The van der Waals surface area contributed by atoms with E-state index in [9.17, 15) is 4.39 Å². The van der Waals surface area contributed by atoms with Crippen LogP contribution in [0.5, 0.6) is 5.75 Å². The van der Waals surface area contributed by atoms with Crippen molar-refractivity contribution in [3.05, 3.63) is 29.6 Å². The Morgan fingerprint density at radius 3 is 3.05 bits per heavy atom. The van der Waals surface area contributed by atoms with E-state index in [2.05, 4.69) is 4.90 Å². The molecule has 4 nitrogen and oxygen atoms in total. The van der Waals surface area contributed by atoms with Gasteiger partial charge in [0, 0.05) is 37.8 Å². The zero-order valence-corrected chi connectivity index (χ0v) is 12.0.